The van der Waals surface area contributed by atoms with E-state index in [0.717, 1.165) is 16.8 Å². The van der Waals surface area contributed by atoms with E-state index in [1.807, 2.05) is 6.92 Å². The minimum atomic E-state index is -4.03. The van der Waals surface area contributed by atoms with Gasteiger partial charge in [0, 0.05) is 31.9 Å². The molecule has 0 atom stereocenters. The van der Waals surface area contributed by atoms with E-state index in [2.05, 4.69) is 5.32 Å². The summed E-state index contributed by atoms with van der Waals surface area (Å²) in [7, 11) is -2.77. The quantitative estimate of drug-likeness (QED) is 0.547. The molecule has 8 nitrogen and oxygen atoms in total. The predicted molar refractivity (Wildman–Crippen MR) is 78.8 cm³/mol. The number of rotatable bonds is 8. The second-order valence-corrected chi connectivity index (χ2v) is 6.43. The molecule has 0 aliphatic heterocycles. The van der Waals surface area contributed by atoms with Crippen molar-refractivity contribution in [1.82, 2.24) is 4.31 Å². The van der Waals surface area contributed by atoms with Gasteiger partial charge < -0.3 is 10.4 Å². The number of sulfonamides is 1. The molecule has 0 radical (unpaired) electrons. The number of anilines is 1. The van der Waals surface area contributed by atoms with Crippen molar-refractivity contribution in [2.45, 2.75) is 18.2 Å². The van der Waals surface area contributed by atoms with Gasteiger partial charge in [-0.1, -0.05) is 6.92 Å². The molecule has 1 rings (SSSR count). The maximum Gasteiger partial charge on any atom is 0.289 e. The summed E-state index contributed by atoms with van der Waals surface area (Å²) >= 11 is 0. The van der Waals surface area contributed by atoms with Crippen molar-refractivity contribution in [2.75, 3.05) is 32.1 Å². The highest BCUT2D eigenvalue weighted by atomic mass is 32.2. The van der Waals surface area contributed by atoms with Crippen molar-refractivity contribution in [2.24, 2.45) is 0 Å². The molecule has 21 heavy (non-hydrogen) atoms. The summed E-state index contributed by atoms with van der Waals surface area (Å²) in [6.07, 6.45) is 0.837. The SMILES string of the molecule is CCCNc1ccc([N+](=O)[O-])c(S(=O)(=O)N(C)CCO)c1. The van der Waals surface area contributed by atoms with Crippen LogP contribution in [0.3, 0.4) is 0 Å². The Morgan fingerprint density at radius 2 is 2.10 bits per heavy atom. The molecule has 0 saturated carbocycles. The molecule has 9 heteroatoms. The van der Waals surface area contributed by atoms with Crippen LogP contribution in [0, 0.1) is 10.1 Å². The first kappa shape index (κ1) is 17.3. The van der Waals surface area contributed by atoms with Crippen molar-refractivity contribution in [1.29, 1.82) is 0 Å². The molecule has 1 aromatic carbocycles. The number of nitro groups is 1. The molecule has 0 heterocycles. The Bertz CT molecular complexity index is 603. The second kappa shape index (κ2) is 7.34. The monoisotopic (exact) mass is 317 g/mol. The number of nitro benzene ring substituents is 1. The van der Waals surface area contributed by atoms with Crippen molar-refractivity contribution >= 4 is 21.4 Å². The number of hydrogen-bond donors (Lipinski definition) is 2. The average molecular weight is 317 g/mol. The Kier molecular flexibility index (Phi) is 6.06. The molecule has 0 aliphatic carbocycles. The largest absolute Gasteiger partial charge is 0.395 e. The summed E-state index contributed by atoms with van der Waals surface area (Å²) < 4.78 is 25.6. The van der Waals surface area contributed by atoms with Gasteiger partial charge in [-0.2, -0.15) is 4.31 Å². The first-order chi connectivity index (χ1) is 9.84. The third kappa shape index (κ3) is 4.13. The van der Waals surface area contributed by atoms with Gasteiger partial charge in [0.05, 0.1) is 11.5 Å². The molecule has 118 valence electrons. The zero-order chi connectivity index (χ0) is 16.0. The fourth-order valence-corrected chi connectivity index (χ4v) is 3.02. The third-order valence-corrected chi connectivity index (χ3v) is 4.72. The lowest BCUT2D eigenvalue weighted by Gasteiger charge is -2.16. The molecule has 0 aliphatic rings. The van der Waals surface area contributed by atoms with Crippen LogP contribution in [0.5, 0.6) is 0 Å². The van der Waals surface area contributed by atoms with E-state index >= 15 is 0 Å². The molecular formula is C12H19N3O5S. The van der Waals surface area contributed by atoms with E-state index in [0.29, 0.717) is 12.2 Å². The number of aliphatic hydroxyl groups is 1. The molecule has 0 unspecified atom stereocenters. The highest BCUT2D eigenvalue weighted by Crippen LogP contribution is 2.29. The molecule has 0 spiro atoms. The van der Waals surface area contributed by atoms with Gasteiger partial charge in [0.1, 0.15) is 0 Å². The lowest BCUT2D eigenvalue weighted by molar-refractivity contribution is -0.387. The molecule has 2 N–H and O–H groups in total. The van der Waals surface area contributed by atoms with Crippen LogP contribution in [0.4, 0.5) is 11.4 Å². The summed E-state index contributed by atoms with van der Waals surface area (Å²) in [4.78, 5) is 9.91. The molecular weight excluding hydrogens is 298 g/mol. The van der Waals surface area contributed by atoms with E-state index in [1.54, 1.807) is 0 Å². The fourth-order valence-electron chi connectivity index (χ4n) is 1.68. The van der Waals surface area contributed by atoms with Crippen molar-refractivity contribution in [3.05, 3.63) is 28.3 Å². The maximum absolute atomic E-state index is 12.4. The van der Waals surface area contributed by atoms with Gasteiger partial charge in [0.15, 0.2) is 4.90 Å². The van der Waals surface area contributed by atoms with E-state index in [9.17, 15) is 18.5 Å². The first-order valence-electron chi connectivity index (χ1n) is 6.44. The summed E-state index contributed by atoms with van der Waals surface area (Å²) in [5.74, 6) is 0. The summed E-state index contributed by atoms with van der Waals surface area (Å²) in [5, 5.41) is 22.9. The number of likely N-dealkylation sites (N-methyl/N-ethyl adjacent to an activating group) is 1. The van der Waals surface area contributed by atoms with Crippen LogP contribution < -0.4 is 5.32 Å². The van der Waals surface area contributed by atoms with E-state index in [4.69, 9.17) is 5.11 Å². The standard InChI is InChI=1S/C12H19N3O5S/c1-3-6-13-10-4-5-11(15(17)18)12(9-10)21(19,20)14(2)7-8-16/h4-5,9,13,16H,3,6-8H2,1-2H3. The fraction of sp³-hybridized carbons (Fsp3) is 0.500. The number of hydrogen-bond acceptors (Lipinski definition) is 6. The van der Waals surface area contributed by atoms with Crippen molar-refractivity contribution < 1.29 is 18.4 Å². The normalized spacial score (nSPS) is 11.6. The molecule has 0 aromatic heterocycles. The summed E-state index contributed by atoms with van der Waals surface area (Å²) in [5.41, 5.74) is 0.0141. The number of nitrogens with one attached hydrogen (secondary N) is 1. The lowest BCUT2D eigenvalue weighted by atomic mass is 10.3. The Morgan fingerprint density at radius 1 is 1.43 bits per heavy atom. The number of nitrogens with zero attached hydrogens (tertiary/aromatic N) is 2. The van der Waals surface area contributed by atoms with Crippen LogP contribution >= 0.6 is 0 Å². The first-order valence-corrected chi connectivity index (χ1v) is 7.88. The summed E-state index contributed by atoms with van der Waals surface area (Å²) in [6, 6.07) is 3.88. The molecule has 0 amide bonds. The van der Waals surface area contributed by atoms with E-state index in [1.165, 1.54) is 19.2 Å². The van der Waals surface area contributed by atoms with Gasteiger partial charge in [0.2, 0.25) is 10.0 Å². The highest BCUT2D eigenvalue weighted by molar-refractivity contribution is 7.89. The van der Waals surface area contributed by atoms with Gasteiger partial charge in [-0.15, -0.1) is 0 Å². The van der Waals surface area contributed by atoms with E-state index in [-0.39, 0.29) is 18.0 Å². The topological polar surface area (TPSA) is 113 Å². The van der Waals surface area contributed by atoms with Crippen molar-refractivity contribution in [3.8, 4) is 0 Å². The Morgan fingerprint density at radius 3 is 2.62 bits per heavy atom. The molecule has 0 fully saturated rings. The Hall–Kier alpha value is -1.71. The van der Waals surface area contributed by atoms with Gasteiger partial charge in [-0.3, -0.25) is 10.1 Å². The Balaban J connectivity index is 3.32. The van der Waals surface area contributed by atoms with Crippen molar-refractivity contribution in [3.63, 3.8) is 0 Å². The zero-order valence-corrected chi connectivity index (χ0v) is 12.8. The number of benzene rings is 1. The average Bonchev–Trinajstić information content (AvgIpc) is 2.44. The summed E-state index contributed by atoms with van der Waals surface area (Å²) in [6.45, 7) is 2.08. The zero-order valence-electron chi connectivity index (χ0n) is 11.9. The maximum atomic E-state index is 12.4. The molecule has 1 aromatic rings. The number of aliphatic hydroxyl groups excluding tert-OH is 1. The van der Waals surface area contributed by atoms with Gasteiger partial charge in [-0.25, -0.2) is 8.42 Å². The lowest BCUT2D eigenvalue weighted by Crippen LogP contribution is -2.30. The smallest absolute Gasteiger partial charge is 0.289 e. The predicted octanol–water partition coefficient (Wildman–Crippen LogP) is 1.03. The molecule has 0 bridgehead atoms. The minimum absolute atomic E-state index is 0.133. The van der Waals surface area contributed by atoms with E-state index < -0.39 is 20.6 Å². The van der Waals surface area contributed by atoms with Crippen LogP contribution in [-0.2, 0) is 10.0 Å². The van der Waals surface area contributed by atoms with Gasteiger partial charge >= 0.3 is 0 Å². The third-order valence-electron chi connectivity index (χ3n) is 2.84. The van der Waals surface area contributed by atoms with Crippen LogP contribution in [0.1, 0.15) is 13.3 Å². The van der Waals surface area contributed by atoms with Crippen LogP contribution in [-0.4, -0.2) is 49.5 Å². The highest BCUT2D eigenvalue weighted by Gasteiger charge is 2.29. The van der Waals surface area contributed by atoms with Gasteiger partial charge in [-0.05, 0) is 18.6 Å². The molecule has 0 saturated heterocycles. The Labute approximate surface area is 123 Å². The second-order valence-electron chi connectivity index (χ2n) is 4.42. The van der Waals surface area contributed by atoms with Gasteiger partial charge in [0.25, 0.3) is 5.69 Å². The minimum Gasteiger partial charge on any atom is -0.395 e. The van der Waals surface area contributed by atoms with Crippen LogP contribution in [0.25, 0.3) is 0 Å². The van der Waals surface area contributed by atoms with Crippen LogP contribution in [0.15, 0.2) is 23.1 Å². The van der Waals surface area contributed by atoms with Crippen LogP contribution in [0.2, 0.25) is 0 Å².